The Morgan fingerprint density at radius 1 is 0.566 bits per heavy atom. The summed E-state index contributed by atoms with van der Waals surface area (Å²) >= 11 is 1.68. The van der Waals surface area contributed by atoms with Crippen molar-refractivity contribution in [1.82, 2.24) is 15.5 Å². The number of carbonyl (C=O) groups excluding carboxylic acids is 3. The maximum absolute atomic E-state index is 13.7. The second-order valence-electron chi connectivity index (χ2n) is 15.6. The fourth-order valence-corrected chi connectivity index (χ4v) is 8.00. The summed E-state index contributed by atoms with van der Waals surface area (Å²) in [6.45, 7) is 17.0. The van der Waals surface area contributed by atoms with Crippen molar-refractivity contribution in [2.24, 2.45) is 11.8 Å². The Bertz CT molecular complexity index is 841. The summed E-state index contributed by atoms with van der Waals surface area (Å²) in [6, 6.07) is -0.559. The van der Waals surface area contributed by atoms with Crippen LogP contribution in [0.15, 0.2) is 0 Å². The minimum absolute atomic E-state index is 0.0389. The smallest absolute Gasteiger partial charge is 0.306 e. The first-order chi connectivity index (χ1) is 25.9. The summed E-state index contributed by atoms with van der Waals surface area (Å²) in [5.74, 6) is 1.64. The predicted octanol–water partition coefficient (Wildman–Crippen LogP) is 11.7. The highest BCUT2D eigenvalue weighted by atomic mass is 32.2. The van der Waals surface area contributed by atoms with Gasteiger partial charge < -0.3 is 20.3 Å². The van der Waals surface area contributed by atoms with E-state index in [2.05, 4.69) is 57.1 Å². The number of nitrogens with zero attached hydrogens (tertiary/aromatic N) is 1. The number of carbonyl (C=O) groups is 3. The van der Waals surface area contributed by atoms with Crippen LogP contribution in [0.2, 0.25) is 0 Å². The van der Waals surface area contributed by atoms with Gasteiger partial charge in [0.1, 0.15) is 6.04 Å². The van der Waals surface area contributed by atoms with Gasteiger partial charge in [0.15, 0.2) is 0 Å². The largest absolute Gasteiger partial charge is 0.465 e. The third-order valence-corrected chi connectivity index (χ3v) is 11.9. The van der Waals surface area contributed by atoms with Gasteiger partial charge in [0, 0.05) is 24.8 Å². The van der Waals surface area contributed by atoms with Gasteiger partial charge in [-0.25, -0.2) is 0 Å². The third-order valence-electron chi connectivity index (χ3n) is 10.9. The highest BCUT2D eigenvalue weighted by Gasteiger charge is 2.25. The summed E-state index contributed by atoms with van der Waals surface area (Å²) in [5, 5.41) is 6.32. The van der Waals surface area contributed by atoms with E-state index >= 15 is 0 Å². The number of hydrogen-bond acceptors (Lipinski definition) is 6. The van der Waals surface area contributed by atoms with Crippen molar-refractivity contribution < 1.29 is 19.1 Å². The first-order valence-electron chi connectivity index (χ1n) is 22.9. The molecule has 0 bridgehead atoms. The molecule has 3 atom stereocenters. The normalized spacial score (nSPS) is 13.2. The standard InChI is InChI=1S/C45H89N3O4S/c1-7-13-17-21-23-26-30-40(29-25-19-15-9-3)39-52-43(49)34-38-53-37-33-42(45(51)46-35-36-48(11-5)12-6)47-44(50)41(31-27-20-16-10-4)32-28-24-22-18-14-8-2/h40-42H,7-39H2,1-6H3,(H,46,51)(H,47,50). The Morgan fingerprint density at radius 3 is 1.55 bits per heavy atom. The SMILES string of the molecule is CCCCCCCCC(CCCCCC)COC(=O)CCSCCC(NC(=O)C(CCCCCC)CCCCCCCC)C(=O)NCCN(CC)CC. The van der Waals surface area contributed by atoms with Gasteiger partial charge in [-0.3, -0.25) is 14.4 Å². The molecule has 0 radical (unpaired) electrons. The second kappa shape index (κ2) is 39.0. The number of unbranched alkanes of at least 4 members (excludes halogenated alkanes) is 16. The molecule has 2 amide bonds. The second-order valence-corrected chi connectivity index (χ2v) is 16.8. The number of nitrogens with one attached hydrogen (secondary N) is 2. The van der Waals surface area contributed by atoms with Crippen LogP contribution < -0.4 is 10.6 Å². The van der Waals surface area contributed by atoms with Crippen LogP contribution in [0.5, 0.6) is 0 Å². The zero-order valence-corrected chi connectivity index (χ0v) is 36.9. The van der Waals surface area contributed by atoms with E-state index in [1.165, 1.54) is 109 Å². The van der Waals surface area contributed by atoms with Crippen LogP contribution in [0.25, 0.3) is 0 Å². The lowest BCUT2D eigenvalue weighted by Gasteiger charge is -2.24. The number of thioether (sulfide) groups is 1. The van der Waals surface area contributed by atoms with Gasteiger partial charge in [-0.05, 0) is 56.9 Å². The molecule has 314 valence electrons. The number of hydrogen-bond donors (Lipinski definition) is 2. The molecular formula is C45H89N3O4S. The summed E-state index contributed by atoms with van der Waals surface area (Å²) in [4.78, 5) is 42.2. The average Bonchev–Trinajstić information content (AvgIpc) is 3.16. The zero-order valence-electron chi connectivity index (χ0n) is 36.1. The fraction of sp³-hybridized carbons (Fsp3) is 0.933. The molecule has 3 unspecified atom stereocenters. The van der Waals surface area contributed by atoms with Crippen LogP contribution in [0.4, 0.5) is 0 Å². The number of esters is 1. The van der Waals surface area contributed by atoms with Gasteiger partial charge in [-0.15, -0.1) is 0 Å². The number of amides is 2. The van der Waals surface area contributed by atoms with Crippen molar-refractivity contribution in [3.63, 3.8) is 0 Å². The molecule has 0 rings (SSSR count). The summed E-state index contributed by atoms with van der Waals surface area (Å²) in [5.41, 5.74) is 0. The maximum atomic E-state index is 13.7. The highest BCUT2D eigenvalue weighted by Crippen LogP contribution is 2.22. The van der Waals surface area contributed by atoms with E-state index in [0.717, 1.165) is 64.6 Å². The number of likely N-dealkylation sites (N-methyl/N-ethyl adjacent to an activating group) is 1. The van der Waals surface area contributed by atoms with E-state index in [9.17, 15) is 14.4 Å². The molecule has 0 aliphatic carbocycles. The van der Waals surface area contributed by atoms with Gasteiger partial charge in [0.25, 0.3) is 0 Å². The molecule has 7 nitrogen and oxygen atoms in total. The van der Waals surface area contributed by atoms with E-state index in [4.69, 9.17) is 4.74 Å². The monoisotopic (exact) mass is 768 g/mol. The Hall–Kier alpha value is -1.28. The quantitative estimate of drug-likeness (QED) is 0.0477. The molecule has 0 aliphatic heterocycles. The van der Waals surface area contributed by atoms with Crippen LogP contribution >= 0.6 is 11.8 Å². The Balaban J connectivity index is 5.10. The molecule has 0 fully saturated rings. The van der Waals surface area contributed by atoms with Crippen molar-refractivity contribution in [2.75, 3.05) is 44.3 Å². The van der Waals surface area contributed by atoms with Crippen LogP contribution in [-0.2, 0) is 19.1 Å². The molecule has 0 spiro atoms. The lowest BCUT2D eigenvalue weighted by atomic mass is 9.93. The molecule has 53 heavy (non-hydrogen) atoms. The average molecular weight is 768 g/mol. The first kappa shape index (κ1) is 51.7. The van der Waals surface area contributed by atoms with Crippen LogP contribution in [0.1, 0.15) is 208 Å². The third kappa shape index (κ3) is 31.6. The van der Waals surface area contributed by atoms with E-state index in [-0.39, 0.29) is 23.7 Å². The van der Waals surface area contributed by atoms with Gasteiger partial charge in [0.2, 0.25) is 11.8 Å². The Kier molecular flexibility index (Phi) is 38.0. The van der Waals surface area contributed by atoms with Gasteiger partial charge in [0.05, 0.1) is 13.0 Å². The first-order valence-corrected chi connectivity index (χ1v) is 24.1. The number of rotatable bonds is 40. The lowest BCUT2D eigenvalue weighted by Crippen LogP contribution is -2.50. The minimum atomic E-state index is -0.559. The van der Waals surface area contributed by atoms with Crippen molar-refractivity contribution >= 4 is 29.5 Å². The summed E-state index contributed by atoms with van der Waals surface area (Å²) < 4.78 is 5.81. The lowest BCUT2D eigenvalue weighted by molar-refractivity contribution is -0.144. The van der Waals surface area contributed by atoms with Crippen molar-refractivity contribution in [1.29, 1.82) is 0 Å². The molecule has 2 N–H and O–H groups in total. The van der Waals surface area contributed by atoms with E-state index in [0.29, 0.717) is 43.4 Å². The fourth-order valence-electron chi connectivity index (χ4n) is 7.08. The number of ether oxygens (including phenoxy) is 1. The molecule has 0 aromatic heterocycles. The summed E-state index contributed by atoms with van der Waals surface area (Å²) in [6.07, 6.45) is 29.7. The summed E-state index contributed by atoms with van der Waals surface area (Å²) in [7, 11) is 0. The van der Waals surface area contributed by atoms with Gasteiger partial charge in [-0.1, -0.05) is 170 Å². The minimum Gasteiger partial charge on any atom is -0.465 e. The molecule has 0 aromatic carbocycles. The van der Waals surface area contributed by atoms with Crippen LogP contribution in [-0.4, -0.2) is 73.0 Å². The molecule has 0 aromatic rings. The van der Waals surface area contributed by atoms with E-state index in [1.807, 2.05) is 0 Å². The topological polar surface area (TPSA) is 87.7 Å². The molecule has 0 saturated heterocycles. The molecule has 0 heterocycles. The molecule has 8 heteroatoms. The maximum Gasteiger partial charge on any atom is 0.306 e. The Morgan fingerprint density at radius 2 is 1.04 bits per heavy atom. The van der Waals surface area contributed by atoms with Crippen molar-refractivity contribution in [3.8, 4) is 0 Å². The Labute approximate surface area is 333 Å². The predicted molar refractivity (Wildman–Crippen MR) is 231 cm³/mol. The highest BCUT2D eigenvalue weighted by molar-refractivity contribution is 7.99. The van der Waals surface area contributed by atoms with Crippen molar-refractivity contribution in [2.45, 2.75) is 215 Å². The molecule has 0 aliphatic rings. The van der Waals surface area contributed by atoms with Gasteiger partial charge in [-0.2, -0.15) is 11.8 Å². The van der Waals surface area contributed by atoms with Gasteiger partial charge >= 0.3 is 5.97 Å². The van der Waals surface area contributed by atoms with E-state index in [1.54, 1.807) is 11.8 Å². The van der Waals surface area contributed by atoms with Crippen LogP contribution in [0, 0.1) is 11.8 Å². The molecule has 0 saturated carbocycles. The van der Waals surface area contributed by atoms with Crippen LogP contribution in [0.3, 0.4) is 0 Å². The zero-order chi connectivity index (χ0) is 39.2. The van der Waals surface area contributed by atoms with Crippen molar-refractivity contribution in [3.05, 3.63) is 0 Å². The van der Waals surface area contributed by atoms with E-state index < -0.39 is 6.04 Å². The molecular weight excluding hydrogens is 679 g/mol.